The zero-order valence-electron chi connectivity index (χ0n) is 9.42. The normalized spacial score (nSPS) is 10.9. The molecule has 0 aliphatic carbocycles. The Morgan fingerprint density at radius 1 is 1.12 bits per heavy atom. The Morgan fingerprint density at radius 2 is 1.88 bits per heavy atom. The Labute approximate surface area is 103 Å². The van der Waals surface area contributed by atoms with Crippen molar-refractivity contribution in [2.24, 2.45) is 0 Å². The molecule has 0 saturated heterocycles. The minimum absolute atomic E-state index is 0.868. The average Bonchev–Trinajstić information content (AvgIpc) is 2.91. The molecule has 3 rings (SSSR count). The number of aromatic nitrogens is 3. The Balaban J connectivity index is 2.29. The summed E-state index contributed by atoms with van der Waals surface area (Å²) in [6.45, 7) is 2.09. The molecule has 0 unspecified atom stereocenters. The molecule has 0 radical (unpaired) electrons. The van der Waals surface area contributed by atoms with E-state index in [1.54, 1.807) is 17.5 Å². The highest BCUT2D eigenvalue weighted by molar-refractivity contribution is 7.13. The number of benzene rings is 1. The molecule has 0 spiro atoms. The minimum Gasteiger partial charge on any atom is -0.249 e. The second-order valence-electron chi connectivity index (χ2n) is 3.70. The SMILES string of the molecule is CCc1nc2ccccc2nc1-c1nccs1. The summed E-state index contributed by atoms with van der Waals surface area (Å²) in [5, 5.41) is 2.91. The van der Waals surface area contributed by atoms with Crippen LogP contribution in [0.5, 0.6) is 0 Å². The van der Waals surface area contributed by atoms with Gasteiger partial charge >= 0.3 is 0 Å². The lowest BCUT2D eigenvalue weighted by Gasteiger charge is -2.05. The molecule has 0 saturated carbocycles. The average molecular weight is 241 g/mol. The third-order valence-corrected chi connectivity index (χ3v) is 3.39. The predicted octanol–water partition coefficient (Wildman–Crippen LogP) is 3.32. The molecule has 3 nitrogen and oxygen atoms in total. The molecule has 0 aliphatic heterocycles. The van der Waals surface area contributed by atoms with Crippen molar-refractivity contribution >= 4 is 22.4 Å². The van der Waals surface area contributed by atoms with Gasteiger partial charge in [0, 0.05) is 11.6 Å². The van der Waals surface area contributed by atoms with Gasteiger partial charge < -0.3 is 0 Å². The number of aryl methyl sites for hydroxylation is 1. The maximum absolute atomic E-state index is 4.67. The Hall–Kier alpha value is -1.81. The summed E-state index contributed by atoms with van der Waals surface area (Å²) in [5.41, 5.74) is 3.81. The van der Waals surface area contributed by atoms with E-state index in [1.807, 2.05) is 29.6 Å². The zero-order chi connectivity index (χ0) is 11.7. The number of rotatable bonds is 2. The summed E-state index contributed by atoms with van der Waals surface area (Å²) < 4.78 is 0. The number of hydrogen-bond acceptors (Lipinski definition) is 4. The Morgan fingerprint density at radius 3 is 2.53 bits per heavy atom. The van der Waals surface area contributed by atoms with Crippen molar-refractivity contribution in [2.45, 2.75) is 13.3 Å². The predicted molar refractivity (Wildman–Crippen MR) is 70.0 cm³/mol. The summed E-state index contributed by atoms with van der Waals surface area (Å²) in [4.78, 5) is 13.6. The first kappa shape index (κ1) is 10.4. The van der Waals surface area contributed by atoms with E-state index in [2.05, 4.69) is 21.9 Å². The second kappa shape index (κ2) is 4.22. The van der Waals surface area contributed by atoms with Gasteiger partial charge in [0.05, 0.1) is 16.7 Å². The third-order valence-electron chi connectivity index (χ3n) is 2.61. The van der Waals surface area contributed by atoms with E-state index in [9.17, 15) is 0 Å². The molecule has 17 heavy (non-hydrogen) atoms. The number of thiazole rings is 1. The highest BCUT2D eigenvalue weighted by Gasteiger charge is 2.11. The van der Waals surface area contributed by atoms with Gasteiger partial charge in [-0.25, -0.2) is 15.0 Å². The smallest absolute Gasteiger partial charge is 0.143 e. The van der Waals surface area contributed by atoms with Crippen LogP contribution in [-0.2, 0) is 6.42 Å². The van der Waals surface area contributed by atoms with Gasteiger partial charge in [0.2, 0.25) is 0 Å². The van der Waals surface area contributed by atoms with Crippen LogP contribution in [0.15, 0.2) is 35.8 Å². The molecule has 3 aromatic rings. The molecule has 0 amide bonds. The van der Waals surface area contributed by atoms with Gasteiger partial charge in [-0.2, -0.15) is 0 Å². The first-order valence-electron chi connectivity index (χ1n) is 5.54. The van der Waals surface area contributed by atoms with Crippen LogP contribution in [0.2, 0.25) is 0 Å². The van der Waals surface area contributed by atoms with E-state index in [4.69, 9.17) is 0 Å². The minimum atomic E-state index is 0.868. The van der Waals surface area contributed by atoms with Crippen LogP contribution in [0.25, 0.3) is 21.7 Å². The number of para-hydroxylation sites is 2. The molecule has 0 bridgehead atoms. The van der Waals surface area contributed by atoms with Crippen LogP contribution in [0, 0.1) is 0 Å². The van der Waals surface area contributed by atoms with Crippen LogP contribution in [-0.4, -0.2) is 15.0 Å². The van der Waals surface area contributed by atoms with Crippen molar-refractivity contribution in [2.75, 3.05) is 0 Å². The largest absolute Gasteiger partial charge is 0.249 e. The Kier molecular flexibility index (Phi) is 2.57. The lowest BCUT2D eigenvalue weighted by atomic mass is 10.2. The number of hydrogen-bond donors (Lipinski definition) is 0. The third kappa shape index (κ3) is 1.80. The maximum Gasteiger partial charge on any atom is 0.143 e. The number of nitrogens with zero attached hydrogens (tertiary/aromatic N) is 3. The lowest BCUT2D eigenvalue weighted by molar-refractivity contribution is 1.03. The van der Waals surface area contributed by atoms with Crippen LogP contribution < -0.4 is 0 Å². The van der Waals surface area contributed by atoms with E-state index >= 15 is 0 Å². The van der Waals surface area contributed by atoms with Crippen molar-refractivity contribution in [1.29, 1.82) is 0 Å². The van der Waals surface area contributed by atoms with Gasteiger partial charge in [-0.15, -0.1) is 11.3 Å². The molecule has 4 heteroatoms. The van der Waals surface area contributed by atoms with Crippen molar-refractivity contribution in [1.82, 2.24) is 15.0 Å². The van der Waals surface area contributed by atoms with Gasteiger partial charge in [0.1, 0.15) is 10.7 Å². The summed E-state index contributed by atoms with van der Waals surface area (Å²) in [5.74, 6) is 0. The molecule has 1 aromatic carbocycles. The van der Waals surface area contributed by atoms with Crippen molar-refractivity contribution in [3.05, 3.63) is 41.5 Å². The van der Waals surface area contributed by atoms with Gasteiger partial charge in [-0.3, -0.25) is 0 Å². The van der Waals surface area contributed by atoms with E-state index in [0.29, 0.717) is 0 Å². The summed E-state index contributed by atoms with van der Waals surface area (Å²) in [6.07, 6.45) is 2.67. The highest BCUT2D eigenvalue weighted by Crippen LogP contribution is 2.25. The van der Waals surface area contributed by atoms with Gasteiger partial charge in [0.15, 0.2) is 0 Å². The topological polar surface area (TPSA) is 38.7 Å². The molecule has 84 valence electrons. The maximum atomic E-state index is 4.67. The van der Waals surface area contributed by atoms with Gasteiger partial charge in [-0.1, -0.05) is 19.1 Å². The summed E-state index contributed by atoms with van der Waals surface area (Å²) in [7, 11) is 0. The molecular weight excluding hydrogens is 230 g/mol. The van der Waals surface area contributed by atoms with Crippen molar-refractivity contribution in [3.8, 4) is 10.7 Å². The summed E-state index contributed by atoms with van der Waals surface area (Å²) >= 11 is 1.60. The zero-order valence-corrected chi connectivity index (χ0v) is 10.2. The fourth-order valence-corrected chi connectivity index (χ4v) is 2.44. The van der Waals surface area contributed by atoms with Crippen LogP contribution in [0.1, 0.15) is 12.6 Å². The fraction of sp³-hybridized carbons (Fsp3) is 0.154. The van der Waals surface area contributed by atoms with Crippen molar-refractivity contribution in [3.63, 3.8) is 0 Å². The first-order chi connectivity index (χ1) is 8.38. The monoisotopic (exact) mass is 241 g/mol. The van der Waals surface area contributed by atoms with Crippen LogP contribution in [0.4, 0.5) is 0 Å². The fourth-order valence-electron chi connectivity index (χ4n) is 1.79. The van der Waals surface area contributed by atoms with Gasteiger partial charge in [0.25, 0.3) is 0 Å². The molecule has 2 heterocycles. The molecule has 0 atom stereocenters. The molecular formula is C13H11N3S. The molecule has 0 fully saturated rings. The van der Waals surface area contributed by atoms with Gasteiger partial charge in [-0.05, 0) is 18.6 Å². The van der Waals surface area contributed by atoms with Crippen LogP contribution in [0.3, 0.4) is 0 Å². The standard InChI is InChI=1S/C13H11N3S/c1-2-9-12(13-14-7-8-17-13)16-11-6-4-3-5-10(11)15-9/h3-8H,2H2,1H3. The first-order valence-corrected chi connectivity index (χ1v) is 6.42. The molecule has 2 aromatic heterocycles. The van der Waals surface area contributed by atoms with E-state index in [0.717, 1.165) is 33.8 Å². The van der Waals surface area contributed by atoms with E-state index in [-0.39, 0.29) is 0 Å². The Bertz CT molecular complexity index is 647. The van der Waals surface area contributed by atoms with Crippen molar-refractivity contribution < 1.29 is 0 Å². The van der Waals surface area contributed by atoms with E-state index in [1.165, 1.54) is 0 Å². The summed E-state index contributed by atoms with van der Waals surface area (Å²) in [6, 6.07) is 7.94. The highest BCUT2D eigenvalue weighted by atomic mass is 32.1. The lowest BCUT2D eigenvalue weighted by Crippen LogP contribution is -1.97. The number of fused-ring (bicyclic) bond motifs is 1. The molecule has 0 N–H and O–H groups in total. The van der Waals surface area contributed by atoms with E-state index < -0.39 is 0 Å². The molecule has 0 aliphatic rings. The second-order valence-corrected chi connectivity index (χ2v) is 4.59. The quantitative estimate of drug-likeness (QED) is 0.691. The van der Waals surface area contributed by atoms with Crippen LogP contribution >= 0.6 is 11.3 Å².